The van der Waals surface area contributed by atoms with Crippen molar-refractivity contribution in [3.05, 3.63) is 23.8 Å². The molecule has 1 aromatic rings. The van der Waals surface area contributed by atoms with Crippen LogP contribution in [0.25, 0.3) is 0 Å². The zero-order valence-corrected chi connectivity index (χ0v) is 12.6. The molecule has 0 radical (unpaired) electrons. The molecule has 0 saturated carbocycles. The van der Waals surface area contributed by atoms with Gasteiger partial charge in [0.25, 0.3) is 0 Å². The standard InChI is InChI=1S/C15H25N3O2/c1-17-7-8-18(13(9-16)11-17)10-12-5-4-6-14(19-2)15(12)20-3/h4-6,13H,7-11,16H2,1-3H3. The van der Waals surface area contributed by atoms with Gasteiger partial charge in [0.05, 0.1) is 14.2 Å². The van der Waals surface area contributed by atoms with Crippen LogP contribution in [0.1, 0.15) is 5.56 Å². The molecule has 1 heterocycles. The van der Waals surface area contributed by atoms with Gasteiger partial charge >= 0.3 is 0 Å². The molecule has 5 heteroatoms. The number of nitrogens with zero attached hydrogens (tertiary/aromatic N) is 2. The highest BCUT2D eigenvalue weighted by Gasteiger charge is 2.25. The lowest BCUT2D eigenvalue weighted by Gasteiger charge is -2.39. The maximum absolute atomic E-state index is 5.91. The second-order valence-corrected chi connectivity index (χ2v) is 5.27. The van der Waals surface area contributed by atoms with Crippen molar-refractivity contribution in [3.8, 4) is 11.5 Å². The van der Waals surface area contributed by atoms with Gasteiger partial charge in [-0.1, -0.05) is 12.1 Å². The van der Waals surface area contributed by atoms with Gasteiger partial charge in [-0.05, 0) is 13.1 Å². The quantitative estimate of drug-likeness (QED) is 0.863. The molecule has 0 aliphatic carbocycles. The average molecular weight is 279 g/mol. The normalized spacial score (nSPS) is 20.9. The van der Waals surface area contributed by atoms with Crippen molar-refractivity contribution in [2.24, 2.45) is 5.73 Å². The van der Waals surface area contributed by atoms with Crippen molar-refractivity contribution in [2.45, 2.75) is 12.6 Å². The number of hydrogen-bond donors (Lipinski definition) is 1. The first-order valence-electron chi connectivity index (χ1n) is 7.02. The number of hydrogen-bond acceptors (Lipinski definition) is 5. The van der Waals surface area contributed by atoms with Crippen molar-refractivity contribution in [1.29, 1.82) is 0 Å². The molecule has 2 N–H and O–H groups in total. The van der Waals surface area contributed by atoms with Crippen LogP contribution in [-0.4, -0.2) is 63.3 Å². The molecule has 0 aromatic heterocycles. The predicted molar refractivity (Wildman–Crippen MR) is 80.3 cm³/mol. The molecule has 112 valence electrons. The third-order valence-electron chi connectivity index (χ3n) is 3.94. The summed E-state index contributed by atoms with van der Waals surface area (Å²) >= 11 is 0. The molecule has 1 fully saturated rings. The van der Waals surface area contributed by atoms with Gasteiger partial charge in [0.2, 0.25) is 0 Å². The summed E-state index contributed by atoms with van der Waals surface area (Å²) in [5.41, 5.74) is 7.06. The topological polar surface area (TPSA) is 51.0 Å². The van der Waals surface area contributed by atoms with E-state index < -0.39 is 0 Å². The van der Waals surface area contributed by atoms with Crippen LogP contribution in [0, 0.1) is 0 Å². The molecule has 0 bridgehead atoms. The van der Waals surface area contributed by atoms with Crippen LogP contribution < -0.4 is 15.2 Å². The van der Waals surface area contributed by atoms with E-state index in [-0.39, 0.29) is 0 Å². The maximum Gasteiger partial charge on any atom is 0.165 e. The number of ether oxygens (including phenoxy) is 2. The molecular formula is C15H25N3O2. The summed E-state index contributed by atoms with van der Waals surface area (Å²) in [6.45, 7) is 4.64. The van der Waals surface area contributed by atoms with Gasteiger partial charge in [0, 0.05) is 44.3 Å². The number of likely N-dealkylation sites (N-methyl/N-ethyl adjacent to an activating group) is 1. The van der Waals surface area contributed by atoms with E-state index in [2.05, 4.69) is 22.9 Å². The second kappa shape index (κ2) is 6.92. The Hall–Kier alpha value is -1.30. The van der Waals surface area contributed by atoms with Crippen LogP contribution in [0.3, 0.4) is 0 Å². The van der Waals surface area contributed by atoms with Gasteiger partial charge in [-0.15, -0.1) is 0 Å². The van der Waals surface area contributed by atoms with Crippen LogP contribution in [0.15, 0.2) is 18.2 Å². The Morgan fingerprint density at radius 3 is 2.70 bits per heavy atom. The average Bonchev–Trinajstić information content (AvgIpc) is 2.48. The second-order valence-electron chi connectivity index (χ2n) is 5.27. The summed E-state index contributed by atoms with van der Waals surface area (Å²) in [6.07, 6.45) is 0. The molecule has 1 unspecified atom stereocenters. The van der Waals surface area contributed by atoms with E-state index in [1.54, 1.807) is 14.2 Å². The molecule has 0 amide bonds. The van der Waals surface area contributed by atoms with E-state index >= 15 is 0 Å². The third-order valence-corrected chi connectivity index (χ3v) is 3.94. The fourth-order valence-corrected chi connectivity index (χ4v) is 2.78. The van der Waals surface area contributed by atoms with Gasteiger partial charge < -0.3 is 20.1 Å². The lowest BCUT2D eigenvalue weighted by atomic mass is 10.1. The SMILES string of the molecule is COc1cccc(CN2CCN(C)CC2CN)c1OC. The van der Waals surface area contributed by atoms with Crippen molar-refractivity contribution < 1.29 is 9.47 Å². The summed E-state index contributed by atoms with van der Waals surface area (Å²) in [6, 6.07) is 6.41. The minimum absolute atomic E-state index is 0.393. The Morgan fingerprint density at radius 1 is 1.25 bits per heavy atom. The van der Waals surface area contributed by atoms with E-state index in [1.165, 1.54) is 0 Å². The molecule has 2 rings (SSSR count). The van der Waals surface area contributed by atoms with Crippen molar-refractivity contribution in [1.82, 2.24) is 9.80 Å². The number of piperazine rings is 1. The molecule has 1 saturated heterocycles. The summed E-state index contributed by atoms with van der Waals surface area (Å²) in [5, 5.41) is 0. The molecule has 0 spiro atoms. The molecule has 1 atom stereocenters. The largest absolute Gasteiger partial charge is 0.493 e. The summed E-state index contributed by atoms with van der Waals surface area (Å²) in [5.74, 6) is 1.60. The summed E-state index contributed by atoms with van der Waals surface area (Å²) in [4.78, 5) is 4.76. The van der Waals surface area contributed by atoms with E-state index in [0.717, 1.165) is 43.2 Å². The number of benzene rings is 1. The van der Waals surface area contributed by atoms with E-state index in [1.807, 2.05) is 12.1 Å². The van der Waals surface area contributed by atoms with Crippen LogP contribution in [-0.2, 0) is 6.54 Å². The van der Waals surface area contributed by atoms with Crippen molar-refractivity contribution in [2.75, 3.05) is 47.4 Å². The number of nitrogens with two attached hydrogens (primary N) is 1. The first-order chi connectivity index (χ1) is 9.69. The first kappa shape index (κ1) is 15.1. The zero-order chi connectivity index (χ0) is 14.5. The Labute approximate surface area is 121 Å². The van der Waals surface area contributed by atoms with Gasteiger partial charge in [-0.2, -0.15) is 0 Å². The van der Waals surface area contributed by atoms with Gasteiger partial charge in [-0.25, -0.2) is 0 Å². The van der Waals surface area contributed by atoms with Crippen molar-refractivity contribution in [3.63, 3.8) is 0 Å². The lowest BCUT2D eigenvalue weighted by Crippen LogP contribution is -2.54. The minimum atomic E-state index is 0.393. The first-order valence-corrected chi connectivity index (χ1v) is 7.02. The lowest BCUT2D eigenvalue weighted by molar-refractivity contribution is 0.0872. The molecule has 5 nitrogen and oxygen atoms in total. The van der Waals surface area contributed by atoms with Gasteiger partial charge in [0.15, 0.2) is 11.5 Å². The Morgan fingerprint density at radius 2 is 2.05 bits per heavy atom. The molecule has 1 aliphatic heterocycles. The summed E-state index contributed by atoms with van der Waals surface area (Å²) < 4.78 is 10.9. The Balaban J connectivity index is 2.16. The van der Waals surface area contributed by atoms with E-state index in [4.69, 9.17) is 15.2 Å². The van der Waals surface area contributed by atoms with E-state index in [9.17, 15) is 0 Å². The monoisotopic (exact) mass is 279 g/mol. The summed E-state index contributed by atoms with van der Waals surface area (Å²) in [7, 11) is 5.50. The number of para-hydroxylation sites is 1. The molecule has 1 aromatic carbocycles. The van der Waals surface area contributed by atoms with Crippen molar-refractivity contribution >= 4 is 0 Å². The molecule has 20 heavy (non-hydrogen) atoms. The highest BCUT2D eigenvalue weighted by molar-refractivity contribution is 5.46. The third kappa shape index (κ3) is 3.23. The fraction of sp³-hybridized carbons (Fsp3) is 0.600. The van der Waals surface area contributed by atoms with Crippen LogP contribution >= 0.6 is 0 Å². The maximum atomic E-state index is 5.91. The van der Waals surface area contributed by atoms with E-state index in [0.29, 0.717) is 12.6 Å². The Kier molecular flexibility index (Phi) is 5.23. The van der Waals surface area contributed by atoms with Gasteiger partial charge in [-0.3, -0.25) is 4.90 Å². The minimum Gasteiger partial charge on any atom is -0.493 e. The van der Waals surface area contributed by atoms with Crippen LogP contribution in [0.4, 0.5) is 0 Å². The van der Waals surface area contributed by atoms with Gasteiger partial charge in [0.1, 0.15) is 0 Å². The van der Waals surface area contributed by atoms with Crippen LogP contribution in [0.2, 0.25) is 0 Å². The fourth-order valence-electron chi connectivity index (χ4n) is 2.78. The van der Waals surface area contributed by atoms with Crippen LogP contribution in [0.5, 0.6) is 11.5 Å². The zero-order valence-electron chi connectivity index (χ0n) is 12.6. The Bertz CT molecular complexity index is 439. The highest BCUT2D eigenvalue weighted by Crippen LogP contribution is 2.32. The molecule has 1 aliphatic rings. The molecular weight excluding hydrogens is 254 g/mol. The number of rotatable bonds is 5. The number of methoxy groups -OCH3 is 2. The smallest absolute Gasteiger partial charge is 0.165 e. The highest BCUT2D eigenvalue weighted by atomic mass is 16.5. The predicted octanol–water partition coefficient (Wildman–Crippen LogP) is 0.779.